The van der Waals surface area contributed by atoms with Crippen molar-refractivity contribution < 1.29 is 28.6 Å². The van der Waals surface area contributed by atoms with Crippen LogP contribution in [0.4, 0.5) is 4.79 Å². The Bertz CT molecular complexity index is 792. The number of benzene rings is 2. The minimum absolute atomic E-state index is 0.398. The topological polar surface area (TPSA) is 103 Å². The van der Waals surface area contributed by atoms with E-state index in [9.17, 15) is 14.4 Å². The lowest BCUT2D eigenvalue weighted by molar-refractivity contribution is -0.158. The van der Waals surface area contributed by atoms with Crippen molar-refractivity contribution in [3.8, 4) is 11.5 Å². The highest BCUT2D eigenvalue weighted by Gasteiger charge is 2.26. The molecule has 2 rings (SSSR count). The van der Waals surface area contributed by atoms with E-state index in [0.717, 1.165) is 0 Å². The summed E-state index contributed by atoms with van der Waals surface area (Å²) in [6.07, 6.45) is -1.28. The summed E-state index contributed by atoms with van der Waals surface area (Å²) in [6.45, 7) is 2.03. The minimum atomic E-state index is -1.28. The molecule has 0 unspecified atom stereocenters. The molecule has 2 N–H and O–H groups in total. The summed E-state index contributed by atoms with van der Waals surface area (Å²) >= 11 is 0. The van der Waals surface area contributed by atoms with Crippen molar-refractivity contribution in [3.63, 3.8) is 0 Å². The summed E-state index contributed by atoms with van der Waals surface area (Å²) in [6, 6.07) is 14.4. The second-order valence-corrected chi connectivity index (χ2v) is 5.54. The first-order valence-corrected chi connectivity index (χ1v) is 8.66. The zero-order chi connectivity index (χ0) is 20.4. The summed E-state index contributed by atoms with van der Waals surface area (Å²) in [5.74, 6) is -0.381. The molecule has 2 aromatic carbocycles. The zero-order valence-corrected chi connectivity index (χ0v) is 15.6. The standard InChI is InChI=1S/C20H22N2O6/c1-3-26-15-9-11-16(12-10-15)27-13-17(23)28-18(14-7-5-4-6-8-14)19(24)22-20(25)21-2/h4-12,18H,3,13H2,1-2H3,(H2,21,22,24,25)/t18-/m0/s1. The van der Waals surface area contributed by atoms with Gasteiger partial charge in [0.2, 0.25) is 6.10 Å². The molecule has 3 amide bonds. The molecule has 0 saturated carbocycles. The lowest BCUT2D eigenvalue weighted by Crippen LogP contribution is -2.41. The van der Waals surface area contributed by atoms with Crippen LogP contribution in [-0.2, 0) is 14.3 Å². The fraction of sp³-hybridized carbons (Fsp3) is 0.250. The van der Waals surface area contributed by atoms with E-state index < -0.39 is 30.6 Å². The highest BCUT2D eigenvalue weighted by Crippen LogP contribution is 2.20. The average Bonchev–Trinajstić information content (AvgIpc) is 2.72. The van der Waals surface area contributed by atoms with Gasteiger partial charge in [-0.1, -0.05) is 30.3 Å². The van der Waals surface area contributed by atoms with Gasteiger partial charge in [-0.2, -0.15) is 0 Å². The number of amides is 3. The summed E-state index contributed by atoms with van der Waals surface area (Å²) in [7, 11) is 1.37. The molecular weight excluding hydrogens is 364 g/mol. The number of carbonyl (C=O) groups is 3. The fourth-order valence-corrected chi connectivity index (χ4v) is 2.25. The number of hydrogen-bond donors (Lipinski definition) is 2. The Morgan fingerprint density at radius 1 is 0.929 bits per heavy atom. The lowest BCUT2D eigenvalue weighted by atomic mass is 10.1. The van der Waals surface area contributed by atoms with Crippen LogP contribution in [0.25, 0.3) is 0 Å². The van der Waals surface area contributed by atoms with E-state index in [1.165, 1.54) is 7.05 Å². The number of urea groups is 1. The van der Waals surface area contributed by atoms with Gasteiger partial charge in [0.1, 0.15) is 11.5 Å². The third-order valence-electron chi connectivity index (χ3n) is 3.54. The van der Waals surface area contributed by atoms with Crippen LogP contribution < -0.4 is 20.1 Å². The van der Waals surface area contributed by atoms with Crippen LogP contribution in [0.5, 0.6) is 11.5 Å². The zero-order valence-electron chi connectivity index (χ0n) is 15.6. The average molecular weight is 386 g/mol. The third-order valence-corrected chi connectivity index (χ3v) is 3.54. The molecular formula is C20H22N2O6. The van der Waals surface area contributed by atoms with E-state index in [0.29, 0.717) is 23.7 Å². The van der Waals surface area contributed by atoms with Crippen LogP contribution in [0.15, 0.2) is 54.6 Å². The molecule has 0 aliphatic carbocycles. The van der Waals surface area contributed by atoms with Gasteiger partial charge in [0.05, 0.1) is 6.61 Å². The minimum Gasteiger partial charge on any atom is -0.494 e. The van der Waals surface area contributed by atoms with E-state index in [2.05, 4.69) is 10.6 Å². The normalized spacial score (nSPS) is 11.1. The Kier molecular flexibility index (Phi) is 7.83. The molecule has 0 radical (unpaired) electrons. The van der Waals surface area contributed by atoms with Gasteiger partial charge in [-0.25, -0.2) is 9.59 Å². The van der Waals surface area contributed by atoms with Crippen molar-refractivity contribution >= 4 is 17.9 Å². The first-order valence-electron chi connectivity index (χ1n) is 8.66. The number of hydrogen-bond acceptors (Lipinski definition) is 6. The van der Waals surface area contributed by atoms with Crippen LogP contribution in [0.1, 0.15) is 18.6 Å². The van der Waals surface area contributed by atoms with Gasteiger partial charge in [-0.3, -0.25) is 10.1 Å². The van der Waals surface area contributed by atoms with Crippen molar-refractivity contribution in [2.75, 3.05) is 20.3 Å². The van der Waals surface area contributed by atoms with Crippen LogP contribution >= 0.6 is 0 Å². The molecule has 8 nitrogen and oxygen atoms in total. The summed E-state index contributed by atoms with van der Waals surface area (Å²) in [5.41, 5.74) is 0.429. The summed E-state index contributed by atoms with van der Waals surface area (Å²) < 4.78 is 16.0. The van der Waals surface area contributed by atoms with Crippen molar-refractivity contribution in [2.24, 2.45) is 0 Å². The molecule has 0 spiro atoms. The molecule has 0 aliphatic rings. The molecule has 28 heavy (non-hydrogen) atoms. The van der Waals surface area contributed by atoms with E-state index >= 15 is 0 Å². The summed E-state index contributed by atoms with van der Waals surface area (Å²) in [4.78, 5) is 35.9. The maximum Gasteiger partial charge on any atom is 0.345 e. The molecule has 0 aromatic heterocycles. The van der Waals surface area contributed by atoms with Crippen LogP contribution in [0.2, 0.25) is 0 Å². The number of carbonyl (C=O) groups excluding carboxylic acids is 3. The van der Waals surface area contributed by atoms with Gasteiger partial charge >= 0.3 is 12.0 Å². The van der Waals surface area contributed by atoms with Crippen LogP contribution in [0, 0.1) is 0 Å². The Morgan fingerprint density at radius 2 is 1.54 bits per heavy atom. The van der Waals surface area contributed by atoms with Crippen LogP contribution in [-0.4, -0.2) is 38.2 Å². The molecule has 0 saturated heterocycles. The Hall–Kier alpha value is -3.55. The first-order chi connectivity index (χ1) is 13.5. The SMILES string of the molecule is CCOc1ccc(OCC(=O)O[C@H](C(=O)NC(=O)NC)c2ccccc2)cc1. The second-order valence-electron chi connectivity index (χ2n) is 5.54. The van der Waals surface area contributed by atoms with Crippen LogP contribution in [0.3, 0.4) is 0 Å². The molecule has 2 aromatic rings. The second kappa shape index (κ2) is 10.6. The van der Waals surface area contributed by atoms with Crippen molar-refractivity contribution in [1.29, 1.82) is 0 Å². The number of ether oxygens (including phenoxy) is 3. The van der Waals surface area contributed by atoms with Gasteiger partial charge in [0.15, 0.2) is 6.61 Å². The maximum atomic E-state index is 12.3. The van der Waals surface area contributed by atoms with Gasteiger partial charge in [-0.05, 0) is 31.2 Å². The number of esters is 1. The maximum absolute atomic E-state index is 12.3. The van der Waals surface area contributed by atoms with Crippen molar-refractivity contribution in [3.05, 3.63) is 60.2 Å². The first kappa shape index (κ1) is 20.8. The Balaban J connectivity index is 1.99. The quantitative estimate of drug-likeness (QED) is 0.675. The molecule has 148 valence electrons. The predicted octanol–water partition coefficient (Wildman–Crippen LogP) is 2.20. The van der Waals surface area contributed by atoms with Gasteiger partial charge in [0.25, 0.3) is 5.91 Å². The molecule has 1 atom stereocenters. The highest BCUT2D eigenvalue weighted by atomic mass is 16.6. The number of imide groups is 1. The van der Waals surface area contributed by atoms with Gasteiger partial charge in [0, 0.05) is 12.6 Å². The highest BCUT2D eigenvalue weighted by molar-refractivity contribution is 5.97. The smallest absolute Gasteiger partial charge is 0.345 e. The van der Waals surface area contributed by atoms with Crippen molar-refractivity contribution in [1.82, 2.24) is 10.6 Å². The predicted molar refractivity (Wildman–Crippen MR) is 101 cm³/mol. The van der Waals surface area contributed by atoms with Gasteiger partial charge in [-0.15, -0.1) is 0 Å². The lowest BCUT2D eigenvalue weighted by Gasteiger charge is -2.17. The molecule has 8 heteroatoms. The molecule has 0 aliphatic heterocycles. The summed E-state index contributed by atoms with van der Waals surface area (Å²) in [5, 5.41) is 4.37. The number of nitrogens with one attached hydrogen (secondary N) is 2. The number of rotatable bonds is 8. The monoisotopic (exact) mass is 386 g/mol. The molecule has 0 bridgehead atoms. The van der Waals surface area contributed by atoms with E-state index in [-0.39, 0.29) is 0 Å². The van der Waals surface area contributed by atoms with Crippen molar-refractivity contribution in [2.45, 2.75) is 13.0 Å². The third kappa shape index (κ3) is 6.31. The van der Waals surface area contributed by atoms with E-state index in [4.69, 9.17) is 14.2 Å². The Morgan fingerprint density at radius 3 is 2.11 bits per heavy atom. The van der Waals surface area contributed by atoms with E-state index in [1.54, 1.807) is 54.6 Å². The largest absolute Gasteiger partial charge is 0.494 e. The fourth-order valence-electron chi connectivity index (χ4n) is 2.25. The molecule has 0 heterocycles. The molecule has 0 fully saturated rings. The van der Waals surface area contributed by atoms with Gasteiger partial charge < -0.3 is 19.5 Å². The van der Waals surface area contributed by atoms with E-state index in [1.807, 2.05) is 6.92 Å². The Labute approximate surface area is 162 Å².